The quantitative estimate of drug-likeness (QED) is 0.0302. The Bertz CT molecular complexity index is 1950. The minimum atomic E-state index is -1.75. The highest BCUT2D eigenvalue weighted by molar-refractivity contribution is 8.02. The van der Waals surface area contributed by atoms with Crippen molar-refractivity contribution in [3.05, 3.63) is 56.5 Å². The van der Waals surface area contributed by atoms with Crippen LogP contribution in [-0.4, -0.2) is 104 Å². The lowest BCUT2D eigenvalue weighted by Gasteiger charge is -2.49. The molecule has 0 saturated carbocycles. The normalized spacial score (nSPS) is 18.1. The van der Waals surface area contributed by atoms with Gasteiger partial charge in [0.05, 0.1) is 4.21 Å². The van der Waals surface area contributed by atoms with E-state index in [9.17, 15) is 54.3 Å². The Morgan fingerprint density at radius 2 is 1.92 bits per heavy atom. The molecule has 1 saturated heterocycles. The first kappa shape index (κ1) is 34.6. The van der Waals surface area contributed by atoms with Crippen LogP contribution < -0.4 is 16.6 Å². The Balaban J connectivity index is 1.33. The van der Waals surface area contributed by atoms with Crippen molar-refractivity contribution >= 4 is 98.7 Å². The lowest BCUT2D eigenvalue weighted by molar-refractivity contribution is -0.150. The number of carbonyl (C=O) groups is 5. The van der Waals surface area contributed by atoms with Crippen LogP contribution in [0.1, 0.15) is 16.1 Å². The summed E-state index contributed by atoms with van der Waals surface area (Å²) in [5.74, 6) is -7.06. The maximum absolute atomic E-state index is 13.4. The summed E-state index contributed by atoms with van der Waals surface area (Å²) in [5, 5.41) is 54.9. The molecule has 48 heavy (non-hydrogen) atoms. The fourth-order valence-electron chi connectivity index (χ4n) is 4.25. The van der Waals surface area contributed by atoms with E-state index in [-0.39, 0.29) is 42.7 Å². The molecule has 23 heteroatoms. The van der Waals surface area contributed by atoms with Gasteiger partial charge in [-0.05, 0) is 23.8 Å². The number of anilines is 1. The summed E-state index contributed by atoms with van der Waals surface area (Å²) in [6, 6.07) is 2.30. The molecule has 0 bridgehead atoms. The second kappa shape index (κ2) is 14.2. The number of aliphatic carboxylic acids is 2. The predicted molar refractivity (Wildman–Crippen MR) is 174 cm³/mol. The number of H-pyrrole nitrogens is 1. The summed E-state index contributed by atoms with van der Waals surface area (Å²) in [7, 11) is 0. The molecule has 0 unspecified atom stereocenters. The highest BCUT2D eigenvalue weighted by Crippen LogP contribution is 2.42. The molecule has 1 aromatic carbocycles. The van der Waals surface area contributed by atoms with Crippen LogP contribution in [0, 0.1) is 0 Å². The Kier molecular flexibility index (Phi) is 10.2. The number of carboxylic acid groups (broad SMARTS) is 3. The van der Waals surface area contributed by atoms with Crippen molar-refractivity contribution in [1.82, 2.24) is 19.6 Å². The second-order valence-corrected chi connectivity index (χ2v) is 14.7. The standard InChI is InChI=1S/C25H20N6O12S5/c26-25-27-9(6-46-25)13(29-43-23(22(41)42)47-8-1-2-10(32)11(33)3-8)17(35)28-14-18(36)31-15(21(39)40)7(4-44-19(14)31)5-45-24-12(20(37)38)16(34)30-48-24/h1-3,6,14,19,23,32-33H,4-5H2,(H2,26,27)(H,28,35)(H,30,34)(H,37,38)(H,39,40)(H,41,42)/b29-13-/t14-,19+,23-/m1/s1. The van der Waals surface area contributed by atoms with Crippen LogP contribution in [0.3, 0.4) is 0 Å². The molecule has 2 aromatic heterocycles. The summed E-state index contributed by atoms with van der Waals surface area (Å²) in [6.07, 6.45) is 0. The number of hydrogen-bond donors (Lipinski definition) is 8. The number of aromatic carboxylic acids is 1. The number of hydrogen-bond acceptors (Lipinski definition) is 17. The smallest absolute Gasteiger partial charge is 0.358 e. The number of phenolic OH excluding ortho intramolecular Hbond substituents is 2. The lowest BCUT2D eigenvalue weighted by Crippen LogP contribution is -2.71. The van der Waals surface area contributed by atoms with Gasteiger partial charge in [0.2, 0.25) is 0 Å². The topological polar surface area (TPSA) is 295 Å². The molecule has 2 amide bonds. The van der Waals surface area contributed by atoms with Gasteiger partial charge in [-0.2, -0.15) is 0 Å². The summed E-state index contributed by atoms with van der Waals surface area (Å²) in [4.78, 5) is 84.4. The molecule has 0 radical (unpaired) electrons. The Hall–Kier alpha value is -4.71. The van der Waals surface area contributed by atoms with Gasteiger partial charge in [-0.1, -0.05) is 28.5 Å². The third kappa shape index (κ3) is 7.08. The number of thiazole rings is 1. The molecule has 252 valence electrons. The van der Waals surface area contributed by atoms with Gasteiger partial charge in [-0.3, -0.25) is 23.7 Å². The van der Waals surface area contributed by atoms with E-state index in [1.165, 1.54) is 11.4 Å². The van der Waals surface area contributed by atoms with E-state index in [4.69, 9.17) is 10.6 Å². The molecule has 18 nitrogen and oxygen atoms in total. The number of amides is 2. The van der Waals surface area contributed by atoms with Crippen molar-refractivity contribution in [3.63, 3.8) is 0 Å². The summed E-state index contributed by atoms with van der Waals surface area (Å²) in [6.45, 7) is 0. The van der Waals surface area contributed by atoms with Gasteiger partial charge in [0.15, 0.2) is 27.9 Å². The van der Waals surface area contributed by atoms with E-state index >= 15 is 0 Å². The number of nitrogens with zero attached hydrogens (tertiary/aromatic N) is 3. The van der Waals surface area contributed by atoms with E-state index in [0.29, 0.717) is 11.8 Å². The molecule has 2 aliphatic rings. The summed E-state index contributed by atoms with van der Waals surface area (Å²) in [5.41, 5.74) is 2.00. The number of aromatic hydroxyl groups is 2. The van der Waals surface area contributed by atoms with Gasteiger partial charge >= 0.3 is 17.9 Å². The molecular weight excluding hydrogens is 737 g/mol. The monoisotopic (exact) mass is 756 g/mol. The van der Waals surface area contributed by atoms with Crippen molar-refractivity contribution < 1.29 is 54.3 Å². The number of aromatic nitrogens is 2. The van der Waals surface area contributed by atoms with Gasteiger partial charge in [0.1, 0.15) is 22.8 Å². The van der Waals surface area contributed by atoms with Crippen molar-refractivity contribution in [3.8, 4) is 11.5 Å². The van der Waals surface area contributed by atoms with Crippen LogP contribution >= 0.6 is 58.2 Å². The number of oxime groups is 1. The molecular formula is C25H20N6O12S5. The zero-order valence-corrected chi connectivity index (χ0v) is 27.6. The van der Waals surface area contributed by atoms with E-state index in [1.807, 2.05) is 0 Å². The van der Waals surface area contributed by atoms with E-state index in [0.717, 1.165) is 63.4 Å². The van der Waals surface area contributed by atoms with Crippen molar-refractivity contribution in [2.45, 2.75) is 26.0 Å². The molecule has 4 heterocycles. The maximum Gasteiger partial charge on any atom is 0.358 e. The number of nitrogens with two attached hydrogens (primary N) is 1. The number of benzene rings is 1. The Morgan fingerprint density at radius 1 is 1.17 bits per heavy atom. The number of rotatable bonds is 13. The molecule has 0 aliphatic carbocycles. The first-order chi connectivity index (χ1) is 22.8. The van der Waals surface area contributed by atoms with Crippen molar-refractivity contribution in [2.24, 2.45) is 5.16 Å². The van der Waals surface area contributed by atoms with E-state index < -0.39 is 74.9 Å². The first-order valence-corrected chi connectivity index (χ1v) is 17.5. The van der Waals surface area contributed by atoms with Gasteiger partial charge in [-0.15, -0.1) is 34.9 Å². The minimum absolute atomic E-state index is 0.0342. The van der Waals surface area contributed by atoms with Crippen LogP contribution in [-0.2, 0) is 24.0 Å². The van der Waals surface area contributed by atoms with Gasteiger partial charge in [0.25, 0.3) is 22.8 Å². The van der Waals surface area contributed by atoms with Gasteiger partial charge in [-0.25, -0.2) is 19.4 Å². The fourth-order valence-corrected chi connectivity index (χ4v) is 9.01. The minimum Gasteiger partial charge on any atom is -0.504 e. The van der Waals surface area contributed by atoms with E-state index in [2.05, 4.69) is 19.8 Å². The number of phenols is 2. The fraction of sp³-hybridized carbons (Fsp3) is 0.200. The number of carbonyl (C=O) groups excluding carboxylic acids is 2. The largest absolute Gasteiger partial charge is 0.504 e. The average Bonchev–Trinajstić information content (AvgIpc) is 3.63. The third-order valence-electron chi connectivity index (χ3n) is 6.41. The molecule has 5 rings (SSSR count). The van der Waals surface area contributed by atoms with Gasteiger partial charge < -0.3 is 41.4 Å². The zero-order chi connectivity index (χ0) is 34.9. The number of thioether (sulfide) groups is 3. The number of nitrogens with one attached hydrogen (secondary N) is 2. The van der Waals surface area contributed by atoms with Crippen LogP contribution in [0.25, 0.3) is 0 Å². The number of aromatic amines is 1. The number of carboxylic acids is 3. The van der Waals surface area contributed by atoms with Crippen molar-refractivity contribution in [1.29, 1.82) is 0 Å². The molecule has 3 atom stereocenters. The molecule has 1 fully saturated rings. The van der Waals surface area contributed by atoms with Crippen molar-refractivity contribution in [2.75, 3.05) is 17.2 Å². The third-order valence-corrected chi connectivity index (χ3v) is 11.7. The highest BCUT2D eigenvalue weighted by Gasteiger charge is 2.54. The van der Waals surface area contributed by atoms with Crippen LogP contribution in [0.5, 0.6) is 11.5 Å². The number of β-lactam (4-membered cyclic amide) rings is 1. The molecule has 0 spiro atoms. The number of nitrogen functional groups attached to an aromatic ring is 1. The molecule has 3 aromatic rings. The lowest BCUT2D eigenvalue weighted by atomic mass is 10.0. The average molecular weight is 757 g/mol. The zero-order valence-electron chi connectivity index (χ0n) is 23.5. The van der Waals surface area contributed by atoms with E-state index in [1.54, 1.807) is 0 Å². The predicted octanol–water partition coefficient (Wildman–Crippen LogP) is 1.04. The van der Waals surface area contributed by atoms with Crippen LogP contribution in [0.2, 0.25) is 0 Å². The maximum atomic E-state index is 13.4. The van der Waals surface area contributed by atoms with Crippen LogP contribution in [0.15, 0.2) is 53.9 Å². The summed E-state index contributed by atoms with van der Waals surface area (Å²) < 4.78 is 2.46. The second-order valence-electron chi connectivity index (χ2n) is 9.46. The van der Waals surface area contributed by atoms with Crippen LogP contribution in [0.4, 0.5) is 5.13 Å². The molecule has 2 aliphatic heterocycles. The Labute approximate surface area is 287 Å². The number of fused-ring (bicyclic) bond motifs is 1. The summed E-state index contributed by atoms with van der Waals surface area (Å²) >= 11 is 4.37. The van der Waals surface area contributed by atoms with Gasteiger partial charge in [0, 0.05) is 21.8 Å². The SMILES string of the molecule is Nc1nc(/C(=N/O[C@H](Sc2ccc(O)c(O)c2)C(=O)O)C(=O)N[C@@H]2C(=O)N3C(C(=O)O)=C(CSc4s[nH]c(=O)c4C(=O)O)CS[C@@H]23)cs1. The highest BCUT2D eigenvalue weighted by atomic mass is 32.2. The first-order valence-electron chi connectivity index (χ1n) is 12.9. The Morgan fingerprint density at radius 3 is 2.54 bits per heavy atom. The molecule has 9 N–H and O–H groups in total.